The van der Waals surface area contributed by atoms with Gasteiger partial charge in [-0.1, -0.05) is 13.8 Å². The van der Waals surface area contributed by atoms with Crippen molar-refractivity contribution in [3.05, 3.63) is 0 Å². The molecular weight excluding hydrogens is 208 g/mol. The number of carbonyl (C=O) groups is 2. The van der Waals surface area contributed by atoms with Crippen LogP contribution in [0.25, 0.3) is 0 Å². The lowest BCUT2D eigenvalue weighted by Gasteiger charge is -2.25. The van der Waals surface area contributed by atoms with Gasteiger partial charge in [-0.15, -0.1) is 0 Å². The van der Waals surface area contributed by atoms with Gasteiger partial charge in [-0.05, 0) is 12.5 Å². The van der Waals surface area contributed by atoms with Crippen LogP contribution >= 0.6 is 0 Å². The van der Waals surface area contributed by atoms with Crippen LogP contribution in [0.2, 0.25) is 0 Å². The van der Waals surface area contributed by atoms with E-state index >= 15 is 0 Å². The molecule has 16 heavy (non-hydrogen) atoms. The van der Waals surface area contributed by atoms with Crippen molar-refractivity contribution >= 4 is 11.9 Å². The van der Waals surface area contributed by atoms with Gasteiger partial charge in [0.05, 0.1) is 6.42 Å². The first-order chi connectivity index (χ1) is 7.28. The van der Waals surface area contributed by atoms with E-state index in [0.29, 0.717) is 6.54 Å². The maximum Gasteiger partial charge on any atom is 0.303 e. The molecule has 0 atom stereocenters. The number of carboxylic acid groups (broad SMARTS) is 1. The van der Waals surface area contributed by atoms with Gasteiger partial charge in [-0.25, -0.2) is 0 Å². The Hall–Kier alpha value is -1.10. The van der Waals surface area contributed by atoms with Crippen LogP contribution in [0.15, 0.2) is 0 Å². The molecular formula is C11H22N2O3. The molecule has 0 aliphatic rings. The molecule has 0 aliphatic heterocycles. The van der Waals surface area contributed by atoms with Crippen LogP contribution in [0.1, 0.15) is 26.7 Å². The van der Waals surface area contributed by atoms with Crippen LogP contribution in [0, 0.1) is 5.41 Å². The van der Waals surface area contributed by atoms with Crippen molar-refractivity contribution in [3.63, 3.8) is 0 Å². The summed E-state index contributed by atoms with van der Waals surface area (Å²) < 4.78 is 0. The predicted molar refractivity (Wildman–Crippen MR) is 62.2 cm³/mol. The highest BCUT2D eigenvalue weighted by atomic mass is 16.4. The predicted octanol–water partition coefficient (Wildman–Crippen LogP) is 0.555. The number of rotatable bonds is 7. The van der Waals surface area contributed by atoms with Crippen molar-refractivity contribution in [2.45, 2.75) is 26.7 Å². The quantitative estimate of drug-likeness (QED) is 0.670. The van der Waals surface area contributed by atoms with Crippen LogP contribution in [-0.2, 0) is 9.59 Å². The van der Waals surface area contributed by atoms with Gasteiger partial charge >= 0.3 is 5.97 Å². The average molecular weight is 230 g/mol. The van der Waals surface area contributed by atoms with Crippen molar-refractivity contribution in [2.24, 2.45) is 5.41 Å². The van der Waals surface area contributed by atoms with Crippen LogP contribution < -0.4 is 5.32 Å². The Labute approximate surface area is 96.8 Å². The molecule has 0 heterocycles. The number of nitrogens with one attached hydrogen (secondary N) is 1. The van der Waals surface area contributed by atoms with E-state index in [-0.39, 0.29) is 18.7 Å². The summed E-state index contributed by atoms with van der Waals surface area (Å²) in [5.41, 5.74) is -0.489. The molecule has 0 unspecified atom stereocenters. The highest BCUT2D eigenvalue weighted by molar-refractivity contribution is 5.77. The van der Waals surface area contributed by atoms with Crippen molar-refractivity contribution in [2.75, 3.05) is 27.2 Å². The number of hydrogen-bond acceptors (Lipinski definition) is 3. The molecule has 94 valence electrons. The smallest absolute Gasteiger partial charge is 0.303 e. The van der Waals surface area contributed by atoms with E-state index in [9.17, 15) is 9.59 Å². The van der Waals surface area contributed by atoms with E-state index in [1.165, 1.54) is 0 Å². The molecule has 5 heteroatoms. The van der Waals surface area contributed by atoms with Crippen molar-refractivity contribution in [1.29, 1.82) is 0 Å². The normalized spacial score (nSPS) is 11.2. The zero-order chi connectivity index (χ0) is 12.8. The van der Waals surface area contributed by atoms with E-state index in [4.69, 9.17) is 5.11 Å². The highest BCUT2D eigenvalue weighted by Gasteiger charge is 2.26. The zero-order valence-electron chi connectivity index (χ0n) is 10.5. The first kappa shape index (κ1) is 14.9. The molecule has 0 rings (SSSR count). The molecule has 0 radical (unpaired) electrons. The van der Waals surface area contributed by atoms with Gasteiger partial charge in [0.1, 0.15) is 0 Å². The Kier molecular flexibility index (Phi) is 6.03. The summed E-state index contributed by atoms with van der Waals surface area (Å²) in [7, 11) is 3.56. The van der Waals surface area contributed by atoms with Gasteiger partial charge in [0.2, 0.25) is 5.91 Å². The fourth-order valence-electron chi connectivity index (χ4n) is 1.42. The third-order valence-corrected chi connectivity index (χ3v) is 2.38. The summed E-state index contributed by atoms with van der Waals surface area (Å²) in [6.45, 7) is 4.97. The molecule has 0 aromatic carbocycles. The van der Waals surface area contributed by atoms with Crippen LogP contribution in [0.3, 0.4) is 0 Å². The van der Waals surface area contributed by atoms with Gasteiger partial charge in [0, 0.05) is 26.6 Å². The van der Waals surface area contributed by atoms with Crippen LogP contribution in [0.4, 0.5) is 0 Å². The van der Waals surface area contributed by atoms with E-state index in [1.54, 1.807) is 25.8 Å². The minimum absolute atomic E-state index is 0.0125. The SMILES string of the molecule is CNCCN(C)C(=O)CC(C)(C)CC(=O)O. The number of hydrogen-bond donors (Lipinski definition) is 2. The van der Waals surface area contributed by atoms with E-state index in [0.717, 1.165) is 6.54 Å². The summed E-state index contributed by atoms with van der Waals surface area (Å²) in [6.07, 6.45) is 0.276. The molecule has 0 spiro atoms. The van der Waals surface area contributed by atoms with E-state index in [1.807, 2.05) is 7.05 Å². The zero-order valence-corrected chi connectivity index (χ0v) is 10.5. The molecule has 5 nitrogen and oxygen atoms in total. The topological polar surface area (TPSA) is 69.6 Å². The van der Waals surface area contributed by atoms with E-state index < -0.39 is 11.4 Å². The fraction of sp³-hybridized carbons (Fsp3) is 0.818. The average Bonchev–Trinajstić information content (AvgIpc) is 2.10. The molecule has 0 bridgehead atoms. The monoisotopic (exact) mass is 230 g/mol. The second-order valence-corrected chi connectivity index (χ2v) is 4.83. The lowest BCUT2D eigenvalue weighted by Crippen LogP contribution is -2.35. The number of carbonyl (C=O) groups excluding carboxylic acids is 1. The minimum atomic E-state index is -0.865. The number of carboxylic acids is 1. The van der Waals surface area contributed by atoms with Gasteiger partial charge in [-0.2, -0.15) is 0 Å². The molecule has 0 saturated carbocycles. The lowest BCUT2D eigenvalue weighted by atomic mass is 9.85. The molecule has 0 aromatic heterocycles. The highest BCUT2D eigenvalue weighted by Crippen LogP contribution is 2.25. The first-order valence-corrected chi connectivity index (χ1v) is 5.39. The van der Waals surface area contributed by atoms with Crippen LogP contribution in [-0.4, -0.2) is 49.1 Å². The Morgan fingerprint density at radius 3 is 2.31 bits per heavy atom. The summed E-state index contributed by atoms with van der Waals surface area (Å²) in [4.78, 5) is 24.0. The largest absolute Gasteiger partial charge is 0.481 e. The second-order valence-electron chi connectivity index (χ2n) is 4.83. The Bertz CT molecular complexity index is 252. The van der Waals surface area contributed by atoms with Crippen molar-refractivity contribution < 1.29 is 14.7 Å². The first-order valence-electron chi connectivity index (χ1n) is 5.39. The number of nitrogens with zero attached hydrogens (tertiary/aromatic N) is 1. The third-order valence-electron chi connectivity index (χ3n) is 2.38. The minimum Gasteiger partial charge on any atom is -0.481 e. The lowest BCUT2D eigenvalue weighted by molar-refractivity contribution is -0.140. The molecule has 2 N–H and O–H groups in total. The molecule has 1 amide bonds. The van der Waals surface area contributed by atoms with Gasteiger partial charge in [-0.3, -0.25) is 9.59 Å². The van der Waals surface area contributed by atoms with Crippen molar-refractivity contribution in [1.82, 2.24) is 10.2 Å². The summed E-state index contributed by atoms with van der Waals surface area (Å²) >= 11 is 0. The Morgan fingerprint density at radius 1 is 1.31 bits per heavy atom. The standard InChI is InChI=1S/C11H22N2O3/c1-11(2,8-10(15)16)7-9(14)13(4)6-5-12-3/h12H,5-8H2,1-4H3,(H,15,16). The maximum absolute atomic E-state index is 11.8. The van der Waals surface area contributed by atoms with Crippen molar-refractivity contribution in [3.8, 4) is 0 Å². The van der Waals surface area contributed by atoms with Gasteiger partial charge in [0.15, 0.2) is 0 Å². The Balaban J connectivity index is 4.15. The summed E-state index contributed by atoms with van der Waals surface area (Å²) in [5.74, 6) is -0.878. The molecule has 0 saturated heterocycles. The van der Waals surface area contributed by atoms with Gasteiger partial charge < -0.3 is 15.3 Å². The second kappa shape index (κ2) is 6.48. The molecule has 0 fully saturated rings. The van der Waals surface area contributed by atoms with Crippen LogP contribution in [0.5, 0.6) is 0 Å². The number of amides is 1. The maximum atomic E-state index is 11.8. The Morgan fingerprint density at radius 2 is 1.88 bits per heavy atom. The summed E-state index contributed by atoms with van der Waals surface area (Å²) in [6, 6.07) is 0. The third kappa shape index (κ3) is 6.40. The molecule has 0 aromatic rings. The summed E-state index contributed by atoms with van der Waals surface area (Å²) in [5, 5.41) is 11.7. The van der Waals surface area contributed by atoms with Gasteiger partial charge in [0.25, 0.3) is 0 Å². The number of aliphatic carboxylic acids is 1. The number of likely N-dealkylation sites (N-methyl/N-ethyl adjacent to an activating group) is 2. The fourth-order valence-corrected chi connectivity index (χ4v) is 1.42. The molecule has 0 aliphatic carbocycles. The van der Waals surface area contributed by atoms with E-state index in [2.05, 4.69) is 5.32 Å².